The largest absolute Gasteiger partial charge is 0.477 e. The molecule has 2 N–H and O–H groups in total. The van der Waals surface area contributed by atoms with Crippen molar-refractivity contribution in [1.82, 2.24) is 10.3 Å². The van der Waals surface area contributed by atoms with Crippen molar-refractivity contribution in [3.05, 3.63) is 9.88 Å². The van der Waals surface area contributed by atoms with Gasteiger partial charge in [0.2, 0.25) is 5.88 Å². The van der Waals surface area contributed by atoms with Gasteiger partial charge in [-0.25, -0.2) is 9.78 Å². The Balaban J connectivity index is 1.93. The third-order valence-corrected chi connectivity index (χ3v) is 3.62. The summed E-state index contributed by atoms with van der Waals surface area (Å²) in [6, 6.07) is 0. The second-order valence-corrected chi connectivity index (χ2v) is 5.77. The minimum atomic E-state index is -1.09. The van der Waals surface area contributed by atoms with Gasteiger partial charge in [0.05, 0.1) is 5.01 Å². The summed E-state index contributed by atoms with van der Waals surface area (Å²) >= 11 is 1.03. The molecular formula is C11H14N2O4S. The maximum absolute atomic E-state index is 11.6. The number of rotatable bonds is 5. The molecule has 1 saturated carbocycles. The second kappa shape index (κ2) is 4.56. The second-order valence-electron chi connectivity index (χ2n) is 4.57. The predicted octanol–water partition coefficient (Wildman–Crippen LogP) is 1.20. The zero-order valence-corrected chi connectivity index (χ0v) is 11.0. The van der Waals surface area contributed by atoms with Crippen molar-refractivity contribution in [1.29, 1.82) is 0 Å². The van der Waals surface area contributed by atoms with Gasteiger partial charge in [-0.2, -0.15) is 0 Å². The Kier molecular flexibility index (Phi) is 3.25. The van der Waals surface area contributed by atoms with E-state index in [4.69, 9.17) is 9.84 Å². The van der Waals surface area contributed by atoms with E-state index < -0.39 is 5.97 Å². The highest BCUT2D eigenvalue weighted by molar-refractivity contribution is 7.13. The monoisotopic (exact) mass is 270 g/mol. The van der Waals surface area contributed by atoms with Crippen LogP contribution in [-0.4, -0.2) is 34.1 Å². The summed E-state index contributed by atoms with van der Waals surface area (Å²) in [5.74, 6) is -1.33. The van der Waals surface area contributed by atoms with Crippen LogP contribution in [0.2, 0.25) is 0 Å². The number of aromatic nitrogens is 1. The Labute approximate surface area is 108 Å². The van der Waals surface area contributed by atoms with Crippen molar-refractivity contribution in [2.24, 2.45) is 0 Å². The van der Waals surface area contributed by atoms with E-state index in [-0.39, 0.29) is 28.8 Å². The normalized spacial score (nSPS) is 16.1. The molecule has 0 aromatic carbocycles. The average Bonchev–Trinajstić information content (AvgIpc) is 2.86. The van der Waals surface area contributed by atoms with Gasteiger partial charge in [0.1, 0.15) is 0 Å². The van der Waals surface area contributed by atoms with Crippen molar-refractivity contribution >= 4 is 23.2 Å². The summed E-state index contributed by atoms with van der Waals surface area (Å²) in [7, 11) is 0. The third-order valence-electron chi connectivity index (χ3n) is 2.68. The van der Waals surface area contributed by atoms with Crippen molar-refractivity contribution in [3.8, 4) is 5.88 Å². The van der Waals surface area contributed by atoms with Gasteiger partial charge in [0.25, 0.3) is 5.91 Å². The van der Waals surface area contributed by atoms with E-state index in [2.05, 4.69) is 10.3 Å². The maximum atomic E-state index is 11.6. The van der Waals surface area contributed by atoms with Gasteiger partial charge in [-0.1, -0.05) is 0 Å². The first-order valence-corrected chi connectivity index (χ1v) is 6.36. The van der Waals surface area contributed by atoms with Gasteiger partial charge in [0, 0.05) is 5.54 Å². The highest BCUT2D eigenvalue weighted by atomic mass is 32.1. The van der Waals surface area contributed by atoms with Gasteiger partial charge in [-0.3, -0.25) is 4.79 Å². The number of carboxylic acids is 1. The van der Waals surface area contributed by atoms with E-state index in [9.17, 15) is 9.59 Å². The number of carbonyl (C=O) groups excluding carboxylic acids is 1. The first-order chi connectivity index (χ1) is 8.39. The molecule has 98 valence electrons. The molecule has 0 saturated heterocycles. The molecule has 0 spiro atoms. The van der Waals surface area contributed by atoms with Gasteiger partial charge < -0.3 is 15.2 Å². The maximum Gasteiger partial charge on any atom is 0.351 e. The molecule has 0 radical (unpaired) electrons. The molecule has 0 atom stereocenters. The van der Waals surface area contributed by atoms with Gasteiger partial charge in [0.15, 0.2) is 11.5 Å². The summed E-state index contributed by atoms with van der Waals surface area (Å²) in [6.07, 6.45) is 1.93. The molecule has 1 aliphatic rings. The fourth-order valence-electron chi connectivity index (χ4n) is 1.46. The van der Waals surface area contributed by atoms with Crippen LogP contribution < -0.4 is 10.1 Å². The Morgan fingerprint density at radius 2 is 2.22 bits per heavy atom. The zero-order valence-electron chi connectivity index (χ0n) is 10.1. The minimum absolute atomic E-state index is 0.0149. The molecule has 6 nitrogen and oxygen atoms in total. The summed E-state index contributed by atoms with van der Waals surface area (Å²) in [5, 5.41) is 12.3. The molecule has 18 heavy (non-hydrogen) atoms. The van der Waals surface area contributed by atoms with E-state index in [1.165, 1.54) is 0 Å². The predicted molar refractivity (Wildman–Crippen MR) is 65.1 cm³/mol. The van der Waals surface area contributed by atoms with E-state index >= 15 is 0 Å². The molecule has 0 bridgehead atoms. The molecule has 1 aromatic heterocycles. The molecule has 1 heterocycles. The van der Waals surface area contributed by atoms with Gasteiger partial charge in [-0.15, -0.1) is 11.3 Å². The van der Waals surface area contributed by atoms with Crippen LogP contribution in [0.1, 0.15) is 34.4 Å². The highest BCUT2D eigenvalue weighted by Gasteiger charge is 2.38. The van der Waals surface area contributed by atoms with Crippen LogP contribution in [0.3, 0.4) is 0 Å². The first kappa shape index (κ1) is 12.8. The quantitative estimate of drug-likeness (QED) is 0.839. The average molecular weight is 270 g/mol. The molecule has 7 heteroatoms. The van der Waals surface area contributed by atoms with E-state index in [0.717, 1.165) is 24.2 Å². The standard InChI is InChI=1S/C11H14N2O4S/c1-6-12-9(8(18-6)10(15)16)17-5-7(14)13-11(2)3-4-11/h3-5H2,1-2H3,(H,13,14)(H,15,16). The Bertz CT molecular complexity index is 493. The molecule has 2 rings (SSSR count). The number of aromatic carboxylic acids is 1. The van der Waals surface area contributed by atoms with Crippen LogP contribution in [0.4, 0.5) is 0 Å². The van der Waals surface area contributed by atoms with Crippen LogP contribution >= 0.6 is 11.3 Å². The van der Waals surface area contributed by atoms with Crippen LogP contribution in [0.5, 0.6) is 5.88 Å². The van der Waals surface area contributed by atoms with Crippen molar-refractivity contribution < 1.29 is 19.4 Å². The lowest BCUT2D eigenvalue weighted by Crippen LogP contribution is -2.37. The number of thiazole rings is 1. The number of nitrogens with one attached hydrogen (secondary N) is 1. The SMILES string of the molecule is Cc1nc(OCC(=O)NC2(C)CC2)c(C(=O)O)s1. The molecule has 0 aliphatic heterocycles. The number of carboxylic acid groups (broad SMARTS) is 1. The van der Waals surface area contributed by atoms with E-state index in [1.54, 1.807) is 6.92 Å². The lowest BCUT2D eigenvalue weighted by molar-refractivity contribution is -0.124. The third kappa shape index (κ3) is 2.98. The van der Waals surface area contributed by atoms with E-state index in [0.29, 0.717) is 5.01 Å². The fourth-order valence-corrected chi connectivity index (χ4v) is 2.16. The van der Waals surface area contributed by atoms with Crippen molar-refractivity contribution in [2.45, 2.75) is 32.2 Å². The Morgan fingerprint density at radius 3 is 2.78 bits per heavy atom. The molecule has 1 aromatic rings. The molecule has 1 aliphatic carbocycles. The molecule has 1 amide bonds. The number of hydrogen-bond acceptors (Lipinski definition) is 5. The molecular weight excluding hydrogens is 256 g/mol. The first-order valence-electron chi connectivity index (χ1n) is 5.54. The number of aryl methyl sites for hydroxylation is 1. The zero-order chi connectivity index (χ0) is 13.3. The number of nitrogens with zero attached hydrogens (tertiary/aromatic N) is 1. The lowest BCUT2D eigenvalue weighted by atomic mass is 10.3. The van der Waals surface area contributed by atoms with Crippen LogP contribution in [0, 0.1) is 6.92 Å². The van der Waals surface area contributed by atoms with Gasteiger partial charge in [-0.05, 0) is 26.7 Å². The van der Waals surface area contributed by atoms with Crippen LogP contribution in [0.25, 0.3) is 0 Å². The number of ether oxygens (including phenoxy) is 1. The minimum Gasteiger partial charge on any atom is -0.477 e. The van der Waals surface area contributed by atoms with Crippen LogP contribution in [0.15, 0.2) is 0 Å². The number of hydrogen-bond donors (Lipinski definition) is 2. The summed E-state index contributed by atoms with van der Waals surface area (Å²) in [6.45, 7) is 3.44. The smallest absolute Gasteiger partial charge is 0.351 e. The summed E-state index contributed by atoms with van der Waals surface area (Å²) < 4.78 is 5.16. The topological polar surface area (TPSA) is 88.5 Å². The van der Waals surface area contributed by atoms with E-state index in [1.807, 2.05) is 6.92 Å². The molecule has 0 unspecified atom stereocenters. The highest BCUT2D eigenvalue weighted by Crippen LogP contribution is 2.34. The Hall–Kier alpha value is -1.63. The Morgan fingerprint density at radius 1 is 1.56 bits per heavy atom. The fraction of sp³-hybridized carbons (Fsp3) is 0.545. The number of carbonyl (C=O) groups is 2. The summed E-state index contributed by atoms with van der Waals surface area (Å²) in [5.41, 5.74) is -0.103. The van der Waals surface area contributed by atoms with Crippen molar-refractivity contribution in [3.63, 3.8) is 0 Å². The van der Waals surface area contributed by atoms with Crippen molar-refractivity contribution in [2.75, 3.05) is 6.61 Å². The van der Waals surface area contributed by atoms with Crippen LogP contribution in [-0.2, 0) is 4.79 Å². The lowest BCUT2D eigenvalue weighted by Gasteiger charge is -2.11. The molecule has 1 fully saturated rings. The summed E-state index contributed by atoms with van der Waals surface area (Å²) in [4.78, 5) is 26.4. The number of amides is 1. The van der Waals surface area contributed by atoms with Gasteiger partial charge >= 0.3 is 5.97 Å².